The van der Waals surface area contributed by atoms with Gasteiger partial charge in [0.15, 0.2) is 0 Å². The van der Waals surface area contributed by atoms with Crippen molar-refractivity contribution in [2.75, 3.05) is 23.9 Å². The zero-order valence-electron chi connectivity index (χ0n) is 26.2. The Morgan fingerprint density at radius 3 is 1.15 bits per heavy atom. The molecule has 0 radical (unpaired) electrons. The molecule has 4 bridgehead atoms. The highest BCUT2D eigenvalue weighted by Gasteiger charge is 2.21. The summed E-state index contributed by atoms with van der Waals surface area (Å²) >= 11 is 0. The summed E-state index contributed by atoms with van der Waals surface area (Å²) in [7, 11) is 4.51. The molecule has 9 rings (SSSR count). The summed E-state index contributed by atoms with van der Waals surface area (Å²) in [6, 6.07) is 54.2. The summed E-state index contributed by atoms with van der Waals surface area (Å²) < 4.78 is 0. The molecule has 0 amide bonds. The number of benzene rings is 8. The number of hydrogen-bond donors (Lipinski definition) is 0. The lowest BCUT2D eigenvalue weighted by molar-refractivity contribution is 0.925. The first-order valence-electron chi connectivity index (χ1n) is 16.1. The van der Waals surface area contributed by atoms with E-state index in [-0.39, 0.29) is 0 Å². The van der Waals surface area contributed by atoms with Gasteiger partial charge in [-0.1, -0.05) is 121 Å². The molecule has 8 aromatic rings. The Hall–Kier alpha value is -5.60. The van der Waals surface area contributed by atoms with Crippen molar-refractivity contribution in [1.82, 2.24) is 0 Å². The van der Waals surface area contributed by atoms with Gasteiger partial charge in [-0.25, -0.2) is 0 Å². The maximum Gasteiger partial charge on any atom is 0.0526 e. The van der Waals surface area contributed by atoms with Gasteiger partial charge in [-0.2, -0.15) is 0 Å². The average molecular weight is 591 g/mol. The maximum absolute atomic E-state index is 2.46. The predicted octanol–water partition coefficient (Wildman–Crippen LogP) is 11.2. The highest BCUT2D eigenvalue weighted by molar-refractivity contribution is 6.09. The predicted molar refractivity (Wildman–Crippen MR) is 198 cm³/mol. The first kappa shape index (κ1) is 26.8. The van der Waals surface area contributed by atoms with Crippen LogP contribution in [-0.4, -0.2) is 14.1 Å². The Kier molecular flexibility index (Phi) is 6.11. The summed E-state index contributed by atoms with van der Waals surface area (Å²) in [6.07, 6.45) is 0. The van der Waals surface area contributed by atoms with Gasteiger partial charge < -0.3 is 9.80 Å². The lowest BCUT2D eigenvalue weighted by Crippen LogP contribution is -2.19. The molecule has 1 heterocycles. The van der Waals surface area contributed by atoms with E-state index >= 15 is 0 Å². The second-order valence-electron chi connectivity index (χ2n) is 12.8. The van der Waals surface area contributed by atoms with Gasteiger partial charge in [-0.15, -0.1) is 0 Å². The minimum absolute atomic E-state index is 0.787. The summed E-state index contributed by atoms with van der Waals surface area (Å²) in [4.78, 5) is 4.93. The van der Waals surface area contributed by atoms with E-state index in [2.05, 4.69) is 169 Å². The molecule has 0 aliphatic carbocycles. The smallest absolute Gasteiger partial charge is 0.0526 e. The monoisotopic (exact) mass is 590 g/mol. The van der Waals surface area contributed by atoms with Crippen molar-refractivity contribution in [3.63, 3.8) is 0 Å². The quantitative estimate of drug-likeness (QED) is 0.173. The molecule has 1 aliphatic heterocycles. The van der Waals surface area contributed by atoms with E-state index < -0.39 is 0 Å². The zero-order valence-corrected chi connectivity index (χ0v) is 26.2. The van der Waals surface area contributed by atoms with Crippen LogP contribution in [-0.2, 0) is 13.1 Å². The first-order valence-corrected chi connectivity index (χ1v) is 16.1. The average Bonchev–Trinajstić information content (AvgIpc) is 3.09. The molecule has 0 saturated heterocycles. The van der Waals surface area contributed by atoms with Gasteiger partial charge in [0, 0.05) is 49.1 Å². The van der Waals surface area contributed by atoms with Gasteiger partial charge in [0.1, 0.15) is 0 Å². The van der Waals surface area contributed by atoms with Crippen LogP contribution in [0.5, 0.6) is 0 Å². The van der Waals surface area contributed by atoms with Crippen molar-refractivity contribution in [3.05, 3.63) is 157 Å². The van der Waals surface area contributed by atoms with E-state index in [4.69, 9.17) is 0 Å². The molecule has 0 fully saturated rings. The molecule has 0 saturated carbocycles. The summed E-state index contributed by atoms with van der Waals surface area (Å²) in [5.74, 6) is 0. The van der Waals surface area contributed by atoms with Crippen LogP contribution in [0.25, 0.3) is 65.3 Å². The van der Waals surface area contributed by atoms with Gasteiger partial charge in [-0.05, 0) is 78.8 Å². The minimum atomic E-state index is 0.787. The Morgan fingerprint density at radius 1 is 0.348 bits per heavy atom. The van der Waals surface area contributed by atoms with Gasteiger partial charge in [0.25, 0.3) is 0 Å². The minimum Gasteiger partial charge on any atom is -0.369 e. The second-order valence-corrected chi connectivity index (χ2v) is 12.8. The molecule has 0 N–H and O–H groups in total. The summed E-state index contributed by atoms with van der Waals surface area (Å²) in [5, 5.41) is 10.2. The van der Waals surface area contributed by atoms with Gasteiger partial charge in [0.2, 0.25) is 0 Å². The molecular weight excluding hydrogens is 556 g/mol. The largest absolute Gasteiger partial charge is 0.369 e. The lowest BCUT2D eigenvalue weighted by Gasteiger charge is -2.29. The SMILES string of the molecule is CN1Cc2cc(c3ccccc3c2)-c2ccc3ccccc3c2N(C)Cc2cc(c3ccccc3c2)-c2ccc3ccccc3c21. The van der Waals surface area contributed by atoms with Crippen molar-refractivity contribution >= 4 is 54.5 Å². The van der Waals surface area contributed by atoms with Crippen LogP contribution in [0.1, 0.15) is 11.1 Å². The molecular formula is C44H34N2. The highest BCUT2D eigenvalue weighted by Crippen LogP contribution is 2.44. The topological polar surface area (TPSA) is 6.48 Å². The van der Waals surface area contributed by atoms with Gasteiger partial charge >= 0.3 is 0 Å². The fraction of sp³-hybridized carbons (Fsp3) is 0.0909. The van der Waals surface area contributed by atoms with E-state index in [1.54, 1.807) is 0 Å². The third kappa shape index (κ3) is 4.25. The number of anilines is 2. The van der Waals surface area contributed by atoms with E-state index in [0.29, 0.717) is 0 Å². The van der Waals surface area contributed by atoms with Crippen molar-refractivity contribution in [1.29, 1.82) is 0 Å². The van der Waals surface area contributed by atoms with E-state index in [9.17, 15) is 0 Å². The van der Waals surface area contributed by atoms with Crippen LogP contribution in [0, 0.1) is 0 Å². The van der Waals surface area contributed by atoms with E-state index in [0.717, 1.165) is 13.1 Å². The van der Waals surface area contributed by atoms with Crippen LogP contribution in [0.3, 0.4) is 0 Å². The Labute approximate surface area is 269 Å². The Balaban J connectivity index is 1.40. The first-order chi connectivity index (χ1) is 22.6. The third-order valence-electron chi connectivity index (χ3n) is 9.83. The van der Waals surface area contributed by atoms with Crippen molar-refractivity contribution < 1.29 is 0 Å². The molecule has 0 aromatic heterocycles. The number of fused-ring (bicyclic) bond motifs is 16. The number of hydrogen-bond acceptors (Lipinski definition) is 2. The maximum atomic E-state index is 2.46. The van der Waals surface area contributed by atoms with Crippen LogP contribution < -0.4 is 9.80 Å². The second kappa shape index (κ2) is 10.5. The molecule has 8 aromatic carbocycles. The Bertz CT molecular complexity index is 2300. The summed E-state index contributed by atoms with van der Waals surface area (Å²) in [6.45, 7) is 1.57. The third-order valence-corrected chi connectivity index (χ3v) is 9.83. The van der Waals surface area contributed by atoms with Crippen LogP contribution in [0.2, 0.25) is 0 Å². The van der Waals surface area contributed by atoms with E-state index in [1.807, 2.05) is 0 Å². The van der Waals surface area contributed by atoms with Crippen molar-refractivity contribution in [3.8, 4) is 22.3 Å². The molecule has 1 aliphatic rings. The Morgan fingerprint density at radius 2 is 0.717 bits per heavy atom. The molecule has 0 atom stereocenters. The highest BCUT2D eigenvalue weighted by atomic mass is 15.1. The molecule has 0 unspecified atom stereocenters. The number of rotatable bonds is 0. The normalized spacial score (nSPS) is 13.2. The van der Waals surface area contributed by atoms with E-state index in [1.165, 1.54) is 87.8 Å². The zero-order chi connectivity index (χ0) is 30.8. The lowest BCUT2D eigenvalue weighted by atomic mass is 9.90. The van der Waals surface area contributed by atoms with Crippen LogP contribution >= 0.6 is 0 Å². The molecule has 2 heteroatoms. The van der Waals surface area contributed by atoms with Gasteiger partial charge in [0.05, 0.1) is 11.4 Å². The standard InChI is InChI=1S/C44H34N2/c1-45-27-29-23-33-13-5-8-16-36(33)42(25-29)40-22-20-32-12-4-10-18-38(32)44(40)46(2)28-30-24-34-14-6-7-15-35(34)41(26-30)39-21-19-31-11-3-9-17-37(31)43(39)45/h3-26H,27-28H2,1-2H3. The molecule has 0 spiro atoms. The number of nitrogens with zero attached hydrogens (tertiary/aromatic N) is 2. The fourth-order valence-electron chi connectivity index (χ4n) is 7.85. The van der Waals surface area contributed by atoms with Crippen LogP contribution in [0.15, 0.2) is 146 Å². The van der Waals surface area contributed by atoms with Crippen molar-refractivity contribution in [2.45, 2.75) is 13.1 Å². The fourth-order valence-corrected chi connectivity index (χ4v) is 7.85. The molecule has 46 heavy (non-hydrogen) atoms. The van der Waals surface area contributed by atoms with Crippen LogP contribution in [0.4, 0.5) is 11.4 Å². The van der Waals surface area contributed by atoms with Crippen molar-refractivity contribution in [2.24, 2.45) is 0 Å². The summed E-state index contributed by atoms with van der Waals surface area (Å²) in [5.41, 5.74) is 10.2. The van der Waals surface area contributed by atoms with Gasteiger partial charge in [-0.3, -0.25) is 0 Å². The molecule has 220 valence electrons. The molecule has 2 nitrogen and oxygen atoms in total.